The van der Waals surface area contributed by atoms with E-state index in [9.17, 15) is 4.79 Å². The van der Waals surface area contributed by atoms with E-state index in [-0.39, 0.29) is 0 Å². The molecule has 0 N–H and O–H groups in total. The van der Waals surface area contributed by atoms with Gasteiger partial charge in [0.1, 0.15) is 0 Å². The third-order valence-electron chi connectivity index (χ3n) is 4.38. The lowest BCUT2D eigenvalue weighted by atomic mass is 9.95. The predicted octanol–water partition coefficient (Wildman–Crippen LogP) is 2.51. The maximum atomic E-state index is 11.8. The van der Waals surface area contributed by atoms with E-state index in [4.69, 9.17) is 0 Å². The quantitative estimate of drug-likeness (QED) is 0.770. The van der Waals surface area contributed by atoms with Crippen LogP contribution in [0.15, 0.2) is 0 Å². The van der Waals surface area contributed by atoms with Crippen molar-refractivity contribution < 1.29 is 4.79 Å². The molecule has 0 bridgehead atoms. The first-order valence-electron chi connectivity index (χ1n) is 7.68. The Labute approximate surface area is 112 Å². The van der Waals surface area contributed by atoms with Crippen molar-refractivity contribution in [3.05, 3.63) is 0 Å². The molecule has 0 aromatic heterocycles. The summed E-state index contributed by atoms with van der Waals surface area (Å²) in [5.41, 5.74) is 0. The van der Waals surface area contributed by atoms with E-state index in [1.807, 2.05) is 0 Å². The molecule has 3 nitrogen and oxygen atoms in total. The Morgan fingerprint density at radius 3 is 2.44 bits per heavy atom. The standard InChI is InChI=1S/C15H28N2O/c1-13(2)17-12-14(7-8-15(17)18)11-16-9-5-3-4-6-10-16/h13-14H,3-12H2,1-2H3. The van der Waals surface area contributed by atoms with Crippen LogP contribution < -0.4 is 0 Å². The second kappa shape index (κ2) is 6.55. The lowest BCUT2D eigenvalue weighted by molar-refractivity contribution is -0.136. The molecule has 0 saturated carbocycles. The number of hydrogen-bond donors (Lipinski definition) is 0. The van der Waals surface area contributed by atoms with Gasteiger partial charge in [0.25, 0.3) is 0 Å². The Bertz CT molecular complexity index is 270. The van der Waals surface area contributed by atoms with Crippen molar-refractivity contribution in [2.75, 3.05) is 26.2 Å². The lowest BCUT2D eigenvalue weighted by Gasteiger charge is -2.37. The summed E-state index contributed by atoms with van der Waals surface area (Å²) in [4.78, 5) is 16.5. The van der Waals surface area contributed by atoms with Gasteiger partial charge in [-0.05, 0) is 52.1 Å². The number of carbonyl (C=O) groups excluding carboxylic acids is 1. The number of nitrogens with zero attached hydrogens (tertiary/aromatic N) is 2. The summed E-state index contributed by atoms with van der Waals surface area (Å²) < 4.78 is 0. The average Bonchev–Trinajstić information content (AvgIpc) is 2.60. The van der Waals surface area contributed by atoms with Gasteiger partial charge in [0.05, 0.1) is 0 Å². The number of piperidine rings is 1. The van der Waals surface area contributed by atoms with Crippen LogP contribution in [0.4, 0.5) is 0 Å². The van der Waals surface area contributed by atoms with E-state index in [1.54, 1.807) is 0 Å². The van der Waals surface area contributed by atoms with Crippen LogP contribution in [0.25, 0.3) is 0 Å². The highest BCUT2D eigenvalue weighted by Gasteiger charge is 2.28. The van der Waals surface area contributed by atoms with Gasteiger partial charge in [0, 0.05) is 25.6 Å². The second-order valence-electron chi connectivity index (χ2n) is 6.26. The Morgan fingerprint density at radius 2 is 1.83 bits per heavy atom. The van der Waals surface area contributed by atoms with Gasteiger partial charge in [-0.2, -0.15) is 0 Å². The first kappa shape index (κ1) is 13.9. The second-order valence-corrected chi connectivity index (χ2v) is 6.26. The predicted molar refractivity (Wildman–Crippen MR) is 74.5 cm³/mol. The third kappa shape index (κ3) is 3.71. The summed E-state index contributed by atoms with van der Waals surface area (Å²) in [5.74, 6) is 1.06. The largest absolute Gasteiger partial charge is 0.340 e. The molecular weight excluding hydrogens is 224 g/mol. The molecule has 1 atom stereocenters. The fourth-order valence-corrected chi connectivity index (χ4v) is 3.27. The van der Waals surface area contributed by atoms with Crippen molar-refractivity contribution >= 4 is 5.91 Å². The molecule has 0 aromatic rings. The van der Waals surface area contributed by atoms with Crippen molar-refractivity contribution in [1.82, 2.24) is 9.80 Å². The van der Waals surface area contributed by atoms with Crippen molar-refractivity contribution in [2.45, 2.75) is 58.4 Å². The van der Waals surface area contributed by atoms with E-state index < -0.39 is 0 Å². The van der Waals surface area contributed by atoms with E-state index in [1.165, 1.54) is 45.3 Å². The highest BCUT2D eigenvalue weighted by molar-refractivity contribution is 5.77. The first-order valence-corrected chi connectivity index (χ1v) is 7.68. The molecular formula is C15H28N2O. The van der Waals surface area contributed by atoms with Crippen LogP contribution in [0.2, 0.25) is 0 Å². The molecule has 104 valence electrons. The molecule has 2 rings (SSSR count). The molecule has 0 radical (unpaired) electrons. The Hall–Kier alpha value is -0.570. The van der Waals surface area contributed by atoms with E-state index in [0.29, 0.717) is 17.9 Å². The number of carbonyl (C=O) groups is 1. The summed E-state index contributed by atoms with van der Waals surface area (Å²) >= 11 is 0. The number of hydrogen-bond acceptors (Lipinski definition) is 2. The van der Waals surface area contributed by atoms with Gasteiger partial charge >= 0.3 is 0 Å². The zero-order valence-corrected chi connectivity index (χ0v) is 12.0. The molecule has 0 spiro atoms. The zero-order chi connectivity index (χ0) is 13.0. The molecule has 2 saturated heterocycles. The van der Waals surface area contributed by atoms with Gasteiger partial charge < -0.3 is 9.80 Å². The highest BCUT2D eigenvalue weighted by atomic mass is 16.2. The lowest BCUT2D eigenvalue weighted by Crippen LogP contribution is -2.47. The molecule has 1 unspecified atom stereocenters. The summed E-state index contributed by atoms with van der Waals surface area (Å²) in [6, 6.07) is 0.365. The van der Waals surface area contributed by atoms with Crippen LogP contribution in [-0.4, -0.2) is 47.9 Å². The van der Waals surface area contributed by atoms with Gasteiger partial charge in [-0.15, -0.1) is 0 Å². The molecule has 18 heavy (non-hydrogen) atoms. The first-order chi connectivity index (χ1) is 8.66. The summed E-state index contributed by atoms with van der Waals surface area (Å²) in [5, 5.41) is 0. The van der Waals surface area contributed by atoms with Crippen LogP contribution >= 0.6 is 0 Å². The normalized spacial score (nSPS) is 27.6. The summed E-state index contributed by atoms with van der Waals surface area (Å²) in [7, 11) is 0. The van der Waals surface area contributed by atoms with Gasteiger partial charge in [-0.3, -0.25) is 4.79 Å². The van der Waals surface area contributed by atoms with E-state index in [2.05, 4.69) is 23.6 Å². The molecule has 2 aliphatic heterocycles. The highest BCUT2D eigenvalue weighted by Crippen LogP contribution is 2.21. The Kier molecular flexibility index (Phi) is 5.04. The fourth-order valence-electron chi connectivity index (χ4n) is 3.27. The van der Waals surface area contributed by atoms with Gasteiger partial charge in [0.15, 0.2) is 0 Å². The van der Waals surface area contributed by atoms with Crippen LogP contribution in [0.1, 0.15) is 52.4 Å². The minimum atomic E-state index is 0.358. The number of likely N-dealkylation sites (tertiary alicyclic amines) is 2. The van der Waals surface area contributed by atoms with Gasteiger partial charge in [-0.1, -0.05) is 12.8 Å². The average molecular weight is 252 g/mol. The SMILES string of the molecule is CC(C)N1CC(CN2CCCCCC2)CCC1=O. The van der Waals surface area contributed by atoms with Crippen molar-refractivity contribution in [3.8, 4) is 0 Å². The molecule has 3 heteroatoms. The Morgan fingerprint density at radius 1 is 1.17 bits per heavy atom. The Balaban J connectivity index is 1.83. The van der Waals surface area contributed by atoms with E-state index >= 15 is 0 Å². The molecule has 0 aromatic carbocycles. The van der Waals surface area contributed by atoms with Crippen LogP contribution in [-0.2, 0) is 4.79 Å². The maximum Gasteiger partial charge on any atom is 0.222 e. The summed E-state index contributed by atoms with van der Waals surface area (Å²) in [6.07, 6.45) is 7.38. The minimum absolute atomic E-state index is 0.358. The molecule has 2 aliphatic rings. The monoisotopic (exact) mass is 252 g/mol. The zero-order valence-electron chi connectivity index (χ0n) is 12.0. The fraction of sp³-hybridized carbons (Fsp3) is 0.933. The van der Waals surface area contributed by atoms with Crippen LogP contribution in [0, 0.1) is 5.92 Å². The van der Waals surface area contributed by atoms with Gasteiger partial charge in [-0.25, -0.2) is 0 Å². The maximum absolute atomic E-state index is 11.8. The third-order valence-corrected chi connectivity index (χ3v) is 4.38. The van der Waals surface area contributed by atoms with Crippen LogP contribution in [0.3, 0.4) is 0 Å². The van der Waals surface area contributed by atoms with E-state index in [0.717, 1.165) is 19.4 Å². The van der Waals surface area contributed by atoms with Crippen molar-refractivity contribution in [1.29, 1.82) is 0 Å². The molecule has 0 aliphatic carbocycles. The molecule has 1 amide bonds. The van der Waals surface area contributed by atoms with Crippen LogP contribution in [0.5, 0.6) is 0 Å². The molecule has 2 fully saturated rings. The summed E-state index contributed by atoms with van der Waals surface area (Å²) in [6.45, 7) is 8.99. The topological polar surface area (TPSA) is 23.6 Å². The van der Waals surface area contributed by atoms with Crippen molar-refractivity contribution in [3.63, 3.8) is 0 Å². The smallest absolute Gasteiger partial charge is 0.222 e. The minimum Gasteiger partial charge on any atom is -0.340 e. The molecule has 2 heterocycles. The number of amides is 1. The van der Waals surface area contributed by atoms with Gasteiger partial charge in [0.2, 0.25) is 5.91 Å². The van der Waals surface area contributed by atoms with Crippen molar-refractivity contribution in [2.24, 2.45) is 5.92 Å². The number of rotatable bonds is 3.